The normalized spacial score (nSPS) is 19.7. The highest BCUT2D eigenvalue weighted by molar-refractivity contribution is 5.78. The molecule has 1 aromatic carbocycles. The minimum absolute atomic E-state index is 0.0964. The minimum atomic E-state index is -0.332. The van der Waals surface area contributed by atoms with Gasteiger partial charge in [-0.05, 0) is 30.5 Å². The van der Waals surface area contributed by atoms with Gasteiger partial charge < -0.3 is 4.40 Å². The summed E-state index contributed by atoms with van der Waals surface area (Å²) in [4.78, 5) is 25.6. The average molecular weight is 376 g/mol. The molecule has 0 N–H and O–H groups in total. The van der Waals surface area contributed by atoms with E-state index >= 15 is 0 Å². The lowest BCUT2D eigenvalue weighted by molar-refractivity contribution is -0.214. The van der Waals surface area contributed by atoms with E-state index < -0.39 is 0 Å². The number of rotatable bonds is 4. The number of hydrogen-bond donors (Lipinski definition) is 0. The Labute approximate surface area is 164 Å². The van der Waals surface area contributed by atoms with Gasteiger partial charge in [0.2, 0.25) is 5.91 Å². The molecule has 0 saturated carbocycles. The number of pyridine rings is 1. The molecule has 2 saturated heterocycles. The van der Waals surface area contributed by atoms with Crippen LogP contribution in [0.1, 0.15) is 30.5 Å². The van der Waals surface area contributed by atoms with E-state index in [1.165, 1.54) is 5.69 Å². The molecule has 2 fully saturated rings. The Morgan fingerprint density at radius 1 is 1.00 bits per heavy atom. The number of nitrogens with zero attached hydrogens (tertiary/aromatic N) is 4. The van der Waals surface area contributed by atoms with E-state index in [0.29, 0.717) is 13.0 Å². The van der Waals surface area contributed by atoms with Gasteiger partial charge in [0, 0.05) is 25.8 Å². The standard InChI is InChI=1S/C22H24N4O2/c27-21-14-22(28-26(21)16-18-6-2-1-3-7-18)9-12-24(13-10-22)17-19-15-23-20-8-4-5-11-25(19)20/h1-8,11,15H,9-10,12-14,16-17H2. The van der Waals surface area contributed by atoms with Gasteiger partial charge >= 0.3 is 0 Å². The predicted molar refractivity (Wildman–Crippen MR) is 105 cm³/mol. The molecule has 6 heteroatoms. The lowest BCUT2D eigenvalue weighted by atomic mass is 9.88. The van der Waals surface area contributed by atoms with Gasteiger partial charge in [0.15, 0.2) is 0 Å². The molecule has 4 heterocycles. The van der Waals surface area contributed by atoms with Gasteiger partial charge in [0.05, 0.1) is 24.9 Å². The van der Waals surface area contributed by atoms with E-state index in [1.54, 1.807) is 5.06 Å². The van der Waals surface area contributed by atoms with Crippen molar-refractivity contribution in [3.63, 3.8) is 0 Å². The molecule has 2 aromatic heterocycles. The maximum Gasteiger partial charge on any atom is 0.249 e. The Kier molecular flexibility index (Phi) is 4.37. The van der Waals surface area contributed by atoms with Crippen LogP contribution in [-0.4, -0.2) is 43.9 Å². The van der Waals surface area contributed by atoms with Crippen molar-refractivity contribution in [2.75, 3.05) is 13.1 Å². The van der Waals surface area contributed by atoms with E-state index in [-0.39, 0.29) is 11.5 Å². The molecule has 0 radical (unpaired) electrons. The number of piperidine rings is 1. The number of hydrogen-bond acceptors (Lipinski definition) is 4. The number of imidazole rings is 1. The maximum atomic E-state index is 12.5. The van der Waals surface area contributed by atoms with Gasteiger partial charge in [-0.1, -0.05) is 36.4 Å². The second-order valence-electron chi connectivity index (χ2n) is 7.82. The first kappa shape index (κ1) is 17.4. The number of benzene rings is 1. The third-order valence-corrected chi connectivity index (χ3v) is 5.87. The molecule has 0 unspecified atom stereocenters. The first-order chi connectivity index (χ1) is 13.7. The summed E-state index contributed by atoms with van der Waals surface area (Å²) in [6, 6.07) is 16.1. The van der Waals surface area contributed by atoms with Gasteiger partial charge in [-0.3, -0.25) is 14.5 Å². The molecule has 3 aromatic rings. The predicted octanol–water partition coefficient (Wildman–Crippen LogP) is 3.03. The van der Waals surface area contributed by atoms with Crippen LogP contribution in [0.15, 0.2) is 60.9 Å². The summed E-state index contributed by atoms with van der Waals surface area (Å²) in [6.07, 6.45) is 6.25. The summed E-state index contributed by atoms with van der Waals surface area (Å²) >= 11 is 0. The number of aromatic nitrogens is 2. The van der Waals surface area contributed by atoms with Crippen molar-refractivity contribution in [2.24, 2.45) is 0 Å². The fraction of sp³-hybridized carbons (Fsp3) is 0.364. The van der Waals surface area contributed by atoms with Crippen LogP contribution in [0, 0.1) is 0 Å². The van der Waals surface area contributed by atoms with Gasteiger partial charge in [-0.2, -0.15) is 0 Å². The van der Waals surface area contributed by atoms with Gasteiger partial charge in [-0.15, -0.1) is 0 Å². The second-order valence-corrected chi connectivity index (χ2v) is 7.82. The fourth-order valence-corrected chi connectivity index (χ4v) is 4.27. The molecule has 0 atom stereocenters. The van der Waals surface area contributed by atoms with E-state index in [2.05, 4.69) is 20.5 Å². The van der Waals surface area contributed by atoms with Gasteiger partial charge in [0.25, 0.3) is 0 Å². The van der Waals surface area contributed by atoms with E-state index in [0.717, 1.165) is 43.7 Å². The summed E-state index contributed by atoms with van der Waals surface area (Å²) in [5.41, 5.74) is 2.94. The van der Waals surface area contributed by atoms with Crippen LogP contribution < -0.4 is 0 Å². The quantitative estimate of drug-likeness (QED) is 0.702. The zero-order valence-electron chi connectivity index (χ0n) is 15.8. The highest BCUT2D eigenvalue weighted by Crippen LogP contribution is 2.37. The van der Waals surface area contributed by atoms with Crippen molar-refractivity contribution in [3.05, 3.63) is 72.2 Å². The van der Waals surface area contributed by atoms with Crippen LogP contribution in [0.5, 0.6) is 0 Å². The summed E-state index contributed by atoms with van der Waals surface area (Å²) < 4.78 is 2.14. The van der Waals surface area contributed by atoms with Crippen LogP contribution in [0.25, 0.3) is 5.65 Å². The van der Waals surface area contributed by atoms with Crippen molar-refractivity contribution in [1.82, 2.24) is 19.3 Å². The van der Waals surface area contributed by atoms with Gasteiger partial charge in [-0.25, -0.2) is 10.0 Å². The van der Waals surface area contributed by atoms with Crippen molar-refractivity contribution >= 4 is 11.6 Å². The summed E-state index contributed by atoms with van der Waals surface area (Å²) in [5.74, 6) is 0.0964. The number of carbonyl (C=O) groups excluding carboxylic acids is 1. The van der Waals surface area contributed by atoms with Gasteiger partial charge in [0.1, 0.15) is 11.2 Å². The van der Waals surface area contributed by atoms with E-state index in [1.807, 2.05) is 54.7 Å². The molecule has 1 amide bonds. The smallest absolute Gasteiger partial charge is 0.249 e. The van der Waals surface area contributed by atoms with E-state index in [9.17, 15) is 4.79 Å². The molecule has 2 aliphatic rings. The summed E-state index contributed by atoms with van der Waals surface area (Å²) in [6.45, 7) is 3.23. The molecule has 6 nitrogen and oxygen atoms in total. The van der Waals surface area contributed by atoms with E-state index in [4.69, 9.17) is 4.84 Å². The Bertz CT molecular complexity index is 976. The Balaban J connectivity index is 1.21. The largest absolute Gasteiger partial charge is 0.303 e. The third kappa shape index (κ3) is 3.30. The monoisotopic (exact) mass is 376 g/mol. The first-order valence-corrected chi connectivity index (χ1v) is 9.88. The summed E-state index contributed by atoms with van der Waals surface area (Å²) in [5, 5.41) is 1.56. The zero-order valence-corrected chi connectivity index (χ0v) is 15.8. The topological polar surface area (TPSA) is 50.1 Å². The number of fused-ring (bicyclic) bond motifs is 1. The zero-order chi connectivity index (χ0) is 19.0. The molecule has 28 heavy (non-hydrogen) atoms. The molecule has 0 bridgehead atoms. The van der Waals surface area contributed by atoms with Crippen LogP contribution in [0.4, 0.5) is 0 Å². The van der Waals surface area contributed by atoms with Crippen molar-refractivity contribution in [1.29, 1.82) is 0 Å². The van der Waals surface area contributed by atoms with Crippen LogP contribution in [0.3, 0.4) is 0 Å². The number of amides is 1. The fourth-order valence-electron chi connectivity index (χ4n) is 4.27. The molecule has 0 aliphatic carbocycles. The first-order valence-electron chi connectivity index (χ1n) is 9.88. The lowest BCUT2D eigenvalue weighted by Crippen LogP contribution is -2.44. The minimum Gasteiger partial charge on any atom is -0.303 e. The molecular formula is C22H24N4O2. The lowest BCUT2D eigenvalue weighted by Gasteiger charge is -2.37. The number of hydroxylamine groups is 2. The molecule has 1 spiro atoms. The van der Waals surface area contributed by atoms with Crippen molar-refractivity contribution in [3.8, 4) is 0 Å². The highest BCUT2D eigenvalue weighted by Gasteiger charge is 2.46. The van der Waals surface area contributed by atoms with Crippen LogP contribution in [-0.2, 0) is 22.7 Å². The average Bonchev–Trinajstić information content (AvgIpc) is 3.26. The molecule has 2 aliphatic heterocycles. The Morgan fingerprint density at radius 3 is 2.61 bits per heavy atom. The van der Waals surface area contributed by atoms with Crippen LogP contribution >= 0.6 is 0 Å². The summed E-state index contributed by atoms with van der Waals surface area (Å²) in [7, 11) is 0. The van der Waals surface area contributed by atoms with Crippen molar-refractivity contribution < 1.29 is 9.63 Å². The number of likely N-dealkylation sites (tertiary alicyclic amines) is 1. The Morgan fingerprint density at radius 2 is 1.79 bits per heavy atom. The maximum absolute atomic E-state index is 12.5. The van der Waals surface area contributed by atoms with Crippen molar-refractivity contribution in [2.45, 2.75) is 38.0 Å². The Hall–Kier alpha value is -2.70. The number of carbonyl (C=O) groups is 1. The SMILES string of the molecule is O=C1CC2(CCN(Cc3cnc4ccccn34)CC2)ON1Cc1ccccc1. The molecule has 144 valence electrons. The second kappa shape index (κ2) is 7.04. The molecule has 5 rings (SSSR count). The van der Waals surface area contributed by atoms with Crippen LogP contribution in [0.2, 0.25) is 0 Å². The highest BCUT2D eigenvalue weighted by atomic mass is 16.7. The third-order valence-electron chi connectivity index (χ3n) is 5.87. The molecular weight excluding hydrogens is 352 g/mol.